The molecule has 54 heavy (non-hydrogen) atoms. The van der Waals surface area contributed by atoms with Gasteiger partial charge in [0.25, 0.3) is 5.91 Å². The average Bonchev–Trinajstić information content (AvgIpc) is 3.08. The van der Waals surface area contributed by atoms with E-state index in [1.807, 2.05) is 0 Å². The molecule has 1 aromatic carbocycles. The second-order valence-corrected chi connectivity index (χ2v) is 13.7. The number of aliphatic hydroxyl groups excluding tert-OH is 1. The van der Waals surface area contributed by atoms with Crippen LogP contribution in [0.1, 0.15) is 57.9 Å². The molecule has 20 heteroatoms. The number of aliphatic hydroxyl groups is 1. The van der Waals surface area contributed by atoms with Crippen molar-refractivity contribution in [2.24, 2.45) is 50.3 Å². The first-order valence-corrected chi connectivity index (χ1v) is 17.5. The van der Waals surface area contributed by atoms with Crippen LogP contribution >= 0.6 is 0 Å². The van der Waals surface area contributed by atoms with Gasteiger partial charge >= 0.3 is 5.91 Å². The maximum absolute atomic E-state index is 14.5. The van der Waals surface area contributed by atoms with Crippen LogP contribution in [0.5, 0.6) is 5.75 Å². The van der Waals surface area contributed by atoms with Gasteiger partial charge in [0.05, 0.1) is 26.1 Å². The Kier molecular flexibility index (Phi) is 18.9. The summed E-state index contributed by atoms with van der Waals surface area (Å²) in [6, 6.07) is 1.05. The molecule has 0 fully saturated rings. The van der Waals surface area contributed by atoms with Gasteiger partial charge in [0, 0.05) is 39.4 Å². The van der Waals surface area contributed by atoms with Gasteiger partial charge in [-0.1, -0.05) is 19.1 Å². The molecular formula is C34H59N12O8+. The van der Waals surface area contributed by atoms with E-state index in [0.29, 0.717) is 5.56 Å². The monoisotopic (exact) mass is 763 g/mol. The summed E-state index contributed by atoms with van der Waals surface area (Å²) in [7, 11) is 4.27. The number of aromatic hydroxyl groups is 1. The number of primary amides is 2. The van der Waals surface area contributed by atoms with E-state index in [0.717, 1.165) is 4.90 Å². The average molecular weight is 764 g/mol. The van der Waals surface area contributed by atoms with Gasteiger partial charge in [-0.3, -0.25) is 38.4 Å². The highest BCUT2D eigenvalue weighted by Crippen LogP contribution is 2.22. The molecule has 0 saturated carbocycles. The van der Waals surface area contributed by atoms with Crippen LogP contribution < -0.4 is 45.0 Å². The number of phenols is 1. The molecule has 0 spiro atoms. The quantitative estimate of drug-likeness (QED) is 0.0225. The fraction of sp³-hybridized carbons (Fsp3) is 0.588. The molecule has 0 aliphatic heterocycles. The minimum Gasteiger partial charge on any atom is -0.508 e. The van der Waals surface area contributed by atoms with Crippen LogP contribution in [0.2, 0.25) is 0 Å². The number of nitrogens with two attached hydrogens (primary N) is 6. The highest BCUT2D eigenvalue weighted by molar-refractivity contribution is 5.93. The third-order valence-corrected chi connectivity index (χ3v) is 9.08. The van der Waals surface area contributed by atoms with Gasteiger partial charge in [0.2, 0.25) is 23.6 Å². The number of hydrogen-bond donors (Lipinski definition) is 10. The van der Waals surface area contributed by atoms with E-state index in [9.17, 15) is 39.0 Å². The second-order valence-electron chi connectivity index (χ2n) is 13.7. The van der Waals surface area contributed by atoms with Crippen LogP contribution in [0.15, 0.2) is 34.3 Å². The summed E-state index contributed by atoms with van der Waals surface area (Å²) >= 11 is 0. The van der Waals surface area contributed by atoms with Gasteiger partial charge in [0.15, 0.2) is 18.0 Å². The molecule has 20 nitrogen and oxygen atoms in total. The molecule has 0 bridgehead atoms. The number of carbonyl (C=O) groups excluding carboxylic acids is 6. The number of guanidine groups is 2. The van der Waals surface area contributed by atoms with Gasteiger partial charge in [-0.2, -0.15) is 0 Å². The maximum atomic E-state index is 14.5. The van der Waals surface area contributed by atoms with Crippen molar-refractivity contribution >= 4 is 47.4 Å². The summed E-state index contributed by atoms with van der Waals surface area (Å²) in [5, 5.41) is 24.9. The smallest absolute Gasteiger partial charge is 0.336 e. The second kappa shape index (κ2) is 21.9. The normalized spacial score (nSPS) is 14.6. The van der Waals surface area contributed by atoms with Crippen LogP contribution in [0, 0.1) is 5.92 Å². The number of quaternary nitrogens is 1. The van der Waals surface area contributed by atoms with Crippen molar-refractivity contribution in [3.63, 3.8) is 0 Å². The Morgan fingerprint density at radius 1 is 0.796 bits per heavy atom. The number of rotatable bonds is 23. The van der Waals surface area contributed by atoms with Crippen LogP contribution in [0.25, 0.3) is 0 Å². The molecule has 1 aromatic rings. The van der Waals surface area contributed by atoms with E-state index in [-0.39, 0.29) is 75.7 Å². The number of carbonyl (C=O) groups is 6. The number of amides is 6. The molecule has 0 aromatic heterocycles. The maximum Gasteiger partial charge on any atom is 0.336 e. The summed E-state index contributed by atoms with van der Waals surface area (Å²) < 4.78 is -0.681. The van der Waals surface area contributed by atoms with Crippen LogP contribution in [-0.4, -0.2) is 131 Å². The van der Waals surface area contributed by atoms with Gasteiger partial charge in [-0.25, -0.2) is 4.79 Å². The number of aliphatic imine (C=N–C) groups is 2. The van der Waals surface area contributed by atoms with Crippen LogP contribution in [0.4, 0.5) is 0 Å². The lowest BCUT2D eigenvalue weighted by Crippen LogP contribution is -2.66. The number of phenolic OH excluding ortho intramolecular Hbond substituents is 1. The fourth-order valence-electron chi connectivity index (χ4n) is 5.55. The number of nitrogens with zero attached hydrogens (tertiary/aromatic N) is 4. The molecule has 1 rings (SSSR count). The summed E-state index contributed by atoms with van der Waals surface area (Å²) in [4.78, 5) is 89.2. The third-order valence-electron chi connectivity index (χ3n) is 9.08. The predicted octanol–water partition coefficient (Wildman–Crippen LogP) is -3.42. The van der Waals surface area contributed by atoms with Crippen molar-refractivity contribution in [2.45, 2.75) is 89.1 Å². The summed E-state index contributed by atoms with van der Waals surface area (Å²) in [5.41, 5.74) is 33.5. The highest BCUT2D eigenvalue weighted by Gasteiger charge is 2.47. The molecule has 0 radical (unpaired) electrons. The molecule has 6 atom stereocenters. The van der Waals surface area contributed by atoms with Crippen molar-refractivity contribution in [3.05, 3.63) is 29.8 Å². The molecule has 0 saturated heterocycles. The Labute approximate surface area is 315 Å². The first-order valence-electron chi connectivity index (χ1n) is 17.5. The minimum atomic E-state index is -1.39. The van der Waals surface area contributed by atoms with E-state index in [1.165, 1.54) is 47.1 Å². The molecular weight excluding hydrogens is 704 g/mol. The molecule has 0 aliphatic rings. The third kappa shape index (κ3) is 15.2. The molecule has 16 N–H and O–H groups in total. The lowest BCUT2D eigenvalue weighted by atomic mass is 9.99. The van der Waals surface area contributed by atoms with Crippen LogP contribution in [0.3, 0.4) is 0 Å². The van der Waals surface area contributed by atoms with E-state index in [4.69, 9.17) is 34.4 Å². The number of likely N-dealkylation sites (N-methyl/N-ethyl adjacent to an activating group) is 2. The van der Waals surface area contributed by atoms with E-state index in [2.05, 4.69) is 20.6 Å². The molecule has 2 unspecified atom stereocenters. The predicted molar refractivity (Wildman–Crippen MR) is 201 cm³/mol. The standard InChI is InChI=1S/C34H58N12O8/c1-19(20(2)47)29(51)43-23(8-6-16-41-33(37)38)30(52)44-24(14-15-27(35)49)32(54)46(4,5)26(9-7-17-42-34(39)40)31(53)45(3)25(28(36)50)18-21-10-12-22(48)13-11-21/h10-13,19-20,23-26,47H,6-9,14-18H2,1-5H3,(H14-,35,36,37,38,39,40,41,42,43,44,48,49,50,51,52)/p+1/t19-,20+,23-,24?,25?,26-/m0/s1. The first kappa shape index (κ1) is 46.5. The molecule has 302 valence electrons. The zero-order valence-electron chi connectivity index (χ0n) is 31.7. The Hall–Kier alpha value is -5.50. The Bertz CT molecular complexity index is 1510. The molecule has 0 heterocycles. The Morgan fingerprint density at radius 2 is 1.31 bits per heavy atom. The molecule has 6 amide bonds. The largest absolute Gasteiger partial charge is 0.508 e. The van der Waals surface area contributed by atoms with E-state index >= 15 is 0 Å². The topological polar surface area (TPSA) is 351 Å². The van der Waals surface area contributed by atoms with E-state index in [1.54, 1.807) is 12.1 Å². The summed E-state index contributed by atoms with van der Waals surface area (Å²) in [6.07, 6.45) is -1.09. The highest BCUT2D eigenvalue weighted by atomic mass is 16.3. The van der Waals surface area contributed by atoms with Crippen molar-refractivity contribution < 1.29 is 43.5 Å². The Balaban J connectivity index is 3.58. The number of hydrogen-bond acceptors (Lipinski definition) is 10. The Morgan fingerprint density at radius 3 is 1.80 bits per heavy atom. The summed E-state index contributed by atoms with van der Waals surface area (Å²) in [5.74, 6) is -5.57. The lowest BCUT2D eigenvalue weighted by Gasteiger charge is -2.40. The van der Waals surface area contributed by atoms with Crippen LogP contribution in [-0.2, 0) is 35.2 Å². The molecule has 0 aliphatic carbocycles. The van der Waals surface area contributed by atoms with Gasteiger partial charge in [-0.05, 0) is 50.3 Å². The fourth-order valence-corrected chi connectivity index (χ4v) is 5.55. The summed E-state index contributed by atoms with van der Waals surface area (Å²) in [6.45, 7) is 3.12. The SMILES string of the molecule is C[C@H](C(=O)N[C@@H](CCCN=C(N)N)C(=O)NC(CCC(N)=O)C(=O)[N+](C)(C)[C@@H](CCCN=C(N)N)C(=O)N(C)C(Cc1ccc(O)cc1)C(N)=O)[C@@H](C)O. The van der Waals surface area contributed by atoms with Crippen molar-refractivity contribution in [1.82, 2.24) is 15.5 Å². The number of nitrogens with one attached hydrogen (secondary N) is 2. The van der Waals surface area contributed by atoms with E-state index < -0.39 is 76.1 Å². The first-order chi connectivity index (χ1) is 25.1. The van der Waals surface area contributed by atoms with Crippen molar-refractivity contribution in [3.8, 4) is 5.75 Å². The van der Waals surface area contributed by atoms with Crippen molar-refractivity contribution in [2.75, 3.05) is 34.2 Å². The zero-order chi connectivity index (χ0) is 41.3. The minimum absolute atomic E-state index is 0.00120. The number of benzene rings is 1. The lowest BCUT2D eigenvalue weighted by molar-refractivity contribution is -0.832. The van der Waals surface area contributed by atoms with Gasteiger partial charge < -0.3 is 60.1 Å². The van der Waals surface area contributed by atoms with Gasteiger partial charge in [-0.15, -0.1) is 0 Å². The van der Waals surface area contributed by atoms with Crippen molar-refractivity contribution in [1.29, 1.82) is 0 Å². The zero-order valence-corrected chi connectivity index (χ0v) is 31.7. The van der Waals surface area contributed by atoms with Gasteiger partial charge in [0.1, 0.15) is 23.9 Å².